The highest BCUT2D eigenvalue weighted by molar-refractivity contribution is 7.99. The van der Waals surface area contributed by atoms with Gasteiger partial charge in [-0.2, -0.15) is 11.8 Å². The standard InChI is InChI=1S/C11H15N3O4S2/c12-10-6-9(3-4-11(10)14(15)16)20(17,18)13-8-2-1-5-19-7-8/h3-4,6,8,13H,1-2,5,7,12H2. The average Bonchev–Trinajstić information content (AvgIpc) is 2.38. The van der Waals surface area contributed by atoms with E-state index in [1.54, 1.807) is 11.8 Å². The van der Waals surface area contributed by atoms with Crippen LogP contribution < -0.4 is 10.5 Å². The molecule has 0 saturated carbocycles. The molecule has 9 heteroatoms. The third-order valence-electron chi connectivity index (χ3n) is 2.99. The number of nitro groups is 1. The zero-order valence-electron chi connectivity index (χ0n) is 10.6. The second-order valence-corrected chi connectivity index (χ2v) is 7.38. The Morgan fingerprint density at radius 2 is 2.20 bits per heavy atom. The minimum atomic E-state index is -3.69. The molecule has 1 unspecified atom stereocenters. The topological polar surface area (TPSA) is 115 Å². The molecule has 0 amide bonds. The fourth-order valence-corrected chi connectivity index (χ4v) is 4.47. The van der Waals surface area contributed by atoms with Crippen LogP contribution in [0.3, 0.4) is 0 Å². The molecule has 2 rings (SSSR count). The maximum atomic E-state index is 12.2. The van der Waals surface area contributed by atoms with Crippen molar-refractivity contribution in [3.8, 4) is 0 Å². The molecule has 1 aliphatic rings. The Morgan fingerprint density at radius 1 is 1.45 bits per heavy atom. The number of benzene rings is 1. The monoisotopic (exact) mass is 317 g/mol. The van der Waals surface area contributed by atoms with Gasteiger partial charge < -0.3 is 5.73 Å². The number of nitro benzene ring substituents is 1. The molecule has 1 aromatic carbocycles. The Labute approximate surface area is 121 Å². The molecule has 1 aromatic rings. The van der Waals surface area contributed by atoms with E-state index in [9.17, 15) is 18.5 Å². The Balaban J connectivity index is 2.20. The summed E-state index contributed by atoms with van der Waals surface area (Å²) in [5, 5.41) is 10.7. The van der Waals surface area contributed by atoms with Gasteiger partial charge in [0.05, 0.1) is 9.82 Å². The van der Waals surface area contributed by atoms with Crippen molar-refractivity contribution in [1.29, 1.82) is 0 Å². The molecule has 110 valence electrons. The molecule has 1 atom stereocenters. The zero-order valence-corrected chi connectivity index (χ0v) is 12.2. The fraction of sp³-hybridized carbons (Fsp3) is 0.455. The van der Waals surface area contributed by atoms with E-state index >= 15 is 0 Å². The van der Waals surface area contributed by atoms with Crippen LogP contribution in [-0.4, -0.2) is 30.9 Å². The van der Waals surface area contributed by atoms with Crippen molar-refractivity contribution in [1.82, 2.24) is 4.72 Å². The first-order chi connectivity index (χ1) is 9.40. The number of sulfonamides is 1. The summed E-state index contributed by atoms with van der Waals surface area (Å²) in [4.78, 5) is 9.97. The predicted octanol–water partition coefficient (Wildman–Crippen LogP) is 1.35. The number of nitrogens with one attached hydrogen (secondary N) is 1. The van der Waals surface area contributed by atoms with Crippen molar-refractivity contribution >= 4 is 33.2 Å². The molecular weight excluding hydrogens is 302 g/mol. The third-order valence-corrected chi connectivity index (χ3v) is 5.72. The first-order valence-corrected chi connectivity index (χ1v) is 8.68. The Hall–Kier alpha value is -1.32. The highest BCUT2D eigenvalue weighted by Gasteiger charge is 2.23. The normalized spacial score (nSPS) is 19.7. The number of hydrogen-bond donors (Lipinski definition) is 2. The van der Waals surface area contributed by atoms with Gasteiger partial charge in [-0.25, -0.2) is 13.1 Å². The Morgan fingerprint density at radius 3 is 2.75 bits per heavy atom. The van der Waals surface area contributed by atoms with E-state index in [-0.39, 0.29) is 22.3 Å². The summed E-state index contributed by atoms with van der Waals surface area (Å²) in [6.45, 7) is 0. The van der Waals surface area contributed by atoms with Gasteiger partial charge in [0.2, 0.25) is 10.0 Å². The largest absolute Gasteiger partial charge is 0.393 e. The lowest BCUT2D eigenvalue weighted by molar-refractivity contribution is -0.383. The van der Waals surface area contributed by atoms with Gasteiger partial charge in [0.15, 0.2) is 0 Å². The van der Waals surface area contributed by atoms with Gasteiger partial charge in [0.25, 0.3) is 5.69 Å². The van der Waals surface area contributed by atoms with Crippen LogP contribution in [-0.2, 0) is 10.0 Å². The number of nitrogens with zero attached hydrogens (tertiary/aromatic N) is 1. The maximum Gasteiger partial charge on any atom is 0.292 e. The van der Waals surface area contributed by atoms with E-state index in [1.165, 1.54) is 6.07 Å². The zero-order chi connectivity index (χ0) is 14.8. The lowest BCUT2D eigenvalue weighted by Crippen LogP contribution is -2.38. The summed E-state index contributed by atoms with van der Waals surface area (Å²) in [5.41, 5.74) is 5.06. The van der Waals surface area contributed by atoms with Gasteiger partial charge in [0, 0.05) is 17.9 Å². The number of thioether (sulfide) groups is 1. The molecule has 20 heavy (non-hydrogen) atoms. The van der Waals surface area contributed by atoms with Gasteiger partial charge in [-0.05, 0) is 30.7 Å². The lowest BCUT2D eigenvalue weighted by Gasteiger charge is -2.22. The smallest absolute Gasteiger partial charge is 0.292 e. The summed E-state index contributed by atoms with van der Waals surface area (Å²) in [7, 11) is -3.69. The molecule has 0 radical (unpaired) electrons. The minimum Gasteiger partial charge on any atom is -0.393 e. The van der Waals surface area contributed by atoms with Gasteiger partial charge in [-0.15, -0.1) is 0 Å². The maximum absolute atomic E-state index is 12.2. The van der Waals surface area contributed by atoms with Gasteiger partial charge in [-0.3, -0.25) is 10.1 Å². The van der Waals surface area contributed by atoms with Crippen molar-refractivity contribution in [2.75, 3.05) is 17.2 Å². The van der Waals surface area contributed by atoms with Crippen LogP contribution in [0.5, 0.6) is 0 Å². The van der Waals surface area contributed by atoms with Crippen molar-refractivity contribution in [3.05, 3.63) is 28.3 Å². The highest BCUT2D eigenvalue weighted by Crippen LogP contribution is 2.25. The first kappa shape index (κ1) is 15.1. The molecule has 1 heterocycles. The van der Waals surface area contributed by atoms with Crippen molar-refractivity contribution < 1.29 is 13.3 Å². The number of anilines is 1. The predicted molar refractivity (Wildman–Crippen MR) is 78.2 cm³/mol. The number of rotatable bonds is 4. The lowest BCUT2D eigenvalue weighted by atomic mass is 10.2. The van der Waals surface area contributed by atoms with Crippen LogP contribution in [0.25, 0.3) is 0 Å². The van der Waals surface area contributed by atoms with Crippen LogP contribution in [0.4, 0.5) is 11.4 Å². The number of nitrogens with two attached hydrogens (primary N) is 1. The first-order valence-electron chi connectivity index (χ1n) is 6.04. The Bertz CT molecular complexity index is 612. The third kappa shape index (κ3) is 3.41. The molecular formula is C11H15N3O4S2. The molecule has 3 N–H and O–H groups in total. The van der Waals surface area contributed by atoms with Crippen LogP contribution >= 0.6 is 11.8 Å². The molecule has 1 saturated heterocycles. The van der Waals surface area contributed by atoms with Gasteiger partial charge in [0.1, 0.15) is 5.69 Å². The summed E-state index contributed by atoms with van der Waals surface area (Å²) in [6.07, 6.45) is 1.77. The van der Waals surface area contributed by atoms with Crippen LogP contribution in [0.15, 0.2) is 23.1 Å². The highest BCUT2D eigenvalue weighted by atomic mass is 32.2. The number of hydrogen-bond acceptors (Lipinski definition) is 6. The van der Waals surface area contributed by atoms with E-state index < -0.39 is 14.9 Å². The molecule has 1 aliphatic heterocycles. The Kier molecular flexibility index (Phi) is 4.51. The van der Waals surface area contributed by atoms with E-state index in [0.717, 1.165) is 36.5 Å². The van der Waals surface area contributed by atoms with Crippen molar-refractivity contribution in [2.45, 2.75) is 23.8 Å². The minimum absolute atomic E-state index is 0.0452. The molecule has 7 nitrogen and oxygen atoms in total. The summed E-state index contributed by atoms with van der Waals surface area (Å²) in [5.74, 6) is 1.78. The second-order valence-electron chi connectivity index (χ2n) is 4.51. The summed E-state index contributed by atoms with van der Waals surface area (Å²) < 4.78 is 27.0. The van der Waals surface area contributed by atoms with Crippen LogP contribution in [0, 0.1) is 10.1 Å². The average molecular weight is 317 g/mol. The van der Waals surface area contributed by atoms with Gasteiger partial charge in [-0.1, -0.05) is 0 Å². The summed E-state index contributed by atoms with van der Waals surface area (Å²) in [6, 6.07) is 3.33. The molecule has 0 bridgehead atoms. The van der Waals surface area contributed by atoms with Crippen LogP contribution in [0.1, 0.15) is 12.8 Å². The van der Waals surface area contributed by atoms with Crippen molar-refractivity contribution in [3.63, 3.8) is 0 Å². The van der Waals surface area contributed by atoms with Gasteiger partial charge >= 0.3 is 0 Å². The fourth-order valence-electron chi connectivity index (χ4n) is 1.99. The van der Waals surface area contributed by atoms with Crippen LogP contribution in [0.2, 0.25) is 0 Å². The van der Waals surface area contributed by atoms with Crippen molar-refractivity contribution in [2.24, 2.45) is 0 Å². The van der Waals surface area contributed by atoms with E-state index in [0.29, 0.717) is 0 Å². The van der Waals surface area contributed by atoms with E-state index in [4.69, 9.17) is 5.73 Å². The van der Waals surface area contributed by atoms with E-state index in [2.05, 4.69) is 4.72 Å². The molecule has 0 aromatic heterocycles. The second kappa shape index (κ2) is 5.98. The molecule has 0 spiro atoms. The molecule has 0 aliphatic carbocycles. The SMILES string of the molecule is Nc1cc(S(=O)(=O)NC2CCCSC2)ccc1[N+](=O)[O-]. The van der Waals surface area contributed by atoms with E-state index in [1.807, 2.05) is 0 Å². The summed E-state index contributed by atoms with van der Waals surface area (Å²) >= 11 is 1.71. The number of nitrogen functional groups attached to an aromatic ring is 1. The molecule has 1 fully saturated rings. The quantitative estimate of drug-likeness (QED) is 0.492.